The van der Waals surface area contributed by atoms with Gasteiger partial charge in [0.15, 0.2) is 11.6 Å². The molecule has 4 atom stereocenters. The van der Waals surface area contributed by atoms with Crippen LogP contribution in [0.4, 0.5) is 15.0 Å². The first-order chi connectivity index (χ1) is 19.5. The molecule has 13 heteroatoms. The molecule has 0 bridgehead atoms. The van der Waals surface area contributed by atoms with E-state index in [0.717, 1.165) is 0 Å². The molecule has 0 radical (unpaired) electrons. The van der Waals surface area contributed by atoms with E-state index in [1.54, 1.807) is 49.6 Å². The van der Waals surface area contributed by atoms with Gasteiger partial charge in [-0.15, -0.1) is 4.36 Å². The predicted octanol–water partition coefficient (Wildman–Crippen LogP) is 5.97. The number of anilines is 1. The Morgan fingerprint density at radius 1 is 1.17 bits per heavy atom. The number of carbonyl (C=O) groups is 4. The van der Waals surface area contributed by atoms with E-state index in [-0.39, 0.29) is 47.2 Å². The molecule has 2 amide bonds. The zero-order chi connectivity index (χ0) is 31.0. The second-order valence-corrected chi connectivity index (χ2v) is 14.4. The standard InChI is InChI=1S/C29H32BrFN4O6S/c1-16(36)22-14-35(23-10-9-18(13-19(22)23)42(5,40)34-28(39)41-29(2,3)4)15-24(37)20-11-17(31)12-21(20)27(38)33-26-8-6-7-25(30)32-26/h6-10,13-14,17,20-21H,11-12,15H2,1-5H3,(H,32,33,38)/t17-,20?,21+,42?/m0/s1. The maximum Gasteiger partial charge on any atom is 0.442 e. The van der Waals surface area contributed by atoms with Crippen LogP contribution in [0.2, 0.25) is 0 Å². The lowest BCUT2D eigenvalue weighted by Crippen LogP contribution is -2.32. The number of nitrogens with zero attached hydrogens (tertiary/aromatic N) is 3. The van der Waals surface area contributed by atoms with Gasteiger partial charge in [-0.3, -0.25) is 14.4 Å². The third-order valence-electron chi connectivity index (χ3n) is 6.86. The predicted molar refractivity (Wildman–Crippen MR) is 160 cm³/mol. The van der Waals surface area contributed by atoms with Crippen molar-refractivity contribution in [1.29, 1.82) is 0 Å². The van der Waals surface area contributed by atoms with Crippen LogP contribution in [0.3, 0.4) is 0 Å². The van der Waals surface area contributed by atoms with E-state index in [0.29, 0.717) is 15.5 Å². The number of halogens is 2. The summed E-state index contributed by atoms with van der Waals surface area (Å²) in [7, 11) is -3.23. The summed E-state index contributed by atoms with van der Waals surface area (Å²) in [6.45, 7) is 6.16. The van der Waals surface area contributed by atoms with Crippen LogP contribution in [-0.4, -0.2) is 55.4 Å². The van der Waals surface area contributed by atoms with Gasteiger partial charge in [-0.05, 0) is 86.8 Å². The van der Waals surface area contributed by atoms with E-state index in [2.05, 4.69) is 30.6 Å². The van der Waals surface area contributed by atoms with Crippen molar-refractivity contribution in [2.45, 2.75) is 63.7 Å². The molecule has 1 aliphatic carbocycles. The van der Waals surface area contributed by atoms with Crippen molar-refractivity contribution in [3.05, 3.63) is 52.8 Å². The highest BCUT2D eigenvalue weighted by atomic mass is 79.9. The minimum absolute atomic E-state index is 0.0866. The lowest BCUT2D eigenvalue weighted by atomic mass is 9.91. The minimum atomic E-state index is -3.23. The second kappa shape index (κ2) is 12.0. The number of hydrogen-bond acceptors (Lipinski definition) is 7. The number of pyridine rings is 1. The molecule has 2 heterocycles. The number of nitrogens with one attached hydrogen (secondary N) is 1. The largest absolute Gasteiger partial charge is 0.442 e. The van der Waals surface area contributed by atoms with Crippen molar-refractivity contribution in [2.24, 2.45) is 16.2 Å². The van der Waals surface area contributed by atoms with Crippen molar-refractivity contribution < 1.29 is 32.5 Å². The maximum absolute atomic E-state index is 14.5. The lowest BCUT2D eigenvalue weighted by Gasteiger charge is -2.18. The summed E-state index contributed by atoms with van der Waals surface area (Å²) in [5, 5.41) is 3.09. The van der Waals surface area contributed by atoms with Crippen molar-refractivity contribution >= 4 is 65.9 Å². The molecule has 0 spiro atoms. The third-order valence-corrected chi connectivity index (χ3v) is 8.93. The average molecular weight is 664 g/mol. The van der Waals surface area contributed by atoms with Gasteiger partial charge in [0.1, 0.15) is 22.2 Å². The molecule has 1 aliphatic rings. The lowest BCUT2D eigenvalue weighted by molar-refractivity contribution is -0.130. The molecule has 224 valence electrons. The molecule has 0 aliphatic heterocycles. The molecule has 1 fully saturated rings. The van der Waals surface area contributed by atoms with E-state index >= 15 is 0 Å². The summed E-state index contributed by atoms with van der Waals surface area (Å²) in [4.78, 5) is 55.6. The van der Waals surface area contributed by atoms with E-state index in [1.807, 2.05) is 0 Å². The number of ether oxygens (including phenoxy) is 1. The number of Topliss-reactive ketones (excluding diaryl/α,β-unsaturated/α-hetero) is 2. The number of hydrogen-bond donors (Lipinski definition) is 1. The monoisotopic (exact) mass is 662 g/mol. The highest BCUT2D eigenvalue weighted by molar-refractivity contribution is 9.10. The van der Waals surface area contributed by atoms with Gasteiger partial charge >= 0.3 is 6.09 Å². The number of rotatable bonds is 7. The number of fused-ring (bicyclic) bond motifs is 1. The highest BCUT2D eigenvalue weighted by Gasteiger charge is 2.43. The number of amides is 2. The average Bonchev–Trinajstić information content (AvgIpc) is 3.43. The van der Waals surface area contributed by atoms with Crippen LogP contribution < -0.4 is 5.32 Å². The summed E-state index contributed by atoms with van der Waals surface area (Å²) in [6.07, 6.45) is 0.357. The molecule has 1 N–H and O–H groups in total. The third kappa shape index (κ3) is 7.30. The molecule has 3 aromatic rings. The van der Waals surface area contributed by atoms with Gasteiger partial charge in [0.05, 0.1) is 22.2 Å². The van der Waals surface area contributed by atoms with E-state index in [4.69, 9.17) is 4.74 Å². The molecule has 1 aromatic carbocycles. The summed E-state index contributed by atoms with van der Waals surface area (Å²) in [5.74, 6) is -2.60. The van der Waals surface area contributed by atoms with Crippen LogP contribution in [-0.2, 0) is 30.6 Å². The Kier molecular flexibility index (Phi) is 9.02. The van der Waals surface area contributed by atoms with Gasteiger partial charge < -0.3 is 14.6 Å². The first-order valence-corrected chi connectivity index (χ1v) is 15.9. The van der Waals surface area contributed by atoms with Crippen LogP contribution in [0.25, 0.3) is 10.9 Å². The van der Waals surface area contributed by atoms with Crippen molar-refractivity contribution in [3.8, 4) is 0 Å². The van der Waals surface area contributed by atoms with E-state index < -0.39 is 45.3 Å². The van der Waals surface area contributed by atoms with Crippen LogP contribution >= 0.6 is 15.9 Å². The van der Waals surface area contributed by atoms with Crippen molar-refractivity contribution in [3.63, 3.8) is 0 Å². The fraction of sp³-hybridized carbons (Fsp3) is 0.414. The molecule has 10 nitrogen and oxygen atoms in total. The SMILES string of the molecule is CC(=O)c1cn(CC(=O)C2C[C@H](F)C[C@H]2C(=O)Nc2cccc(Br)n2)c2ccc(S(C)(=O)=NC(=O)OC(C)(C)C)cc12. The maximum atomic E-state index is 14.5. The molecule has 42 heavy (non-hydrogen) atoms. The van der Waals surface area contributed by atoms with Crippen molar-refractivity contribution in [1.82, 2.24) is 9.55 Å². The number of carbonyl (C=O) groups excluding carboxylic acids is 4. The molecule has 2 aromatic heterocycles. The molecular formula is C29H32BrFN4O6S. The van der Waals surface area contributed by atoms with Gasteiger partial charge in [0.25, 0.3) is 0 Å². The Morgan fingerprint density at radius 2 is 1.86 bits per heavy atom. The highest BCUT2D eigenvalue weighted by Crippen LogP contribution is 2.36. The smallest absolute Gasteiger partial charge is 0.442 e. The van der Waals surface area contributed by atoms with Crippen molar-refractivity contribution in [2.75, 3.05) is 11.6 Å². The van der Waals surface area contributed by atoms with Gasteiger partial charge in [-0.1, -0.05) is 6.07 Å². The van der Waals surface area contributed by atoms with E-state index in [1.165, 1.54) is 31.5 Å². The summed E-state index contributed by atoms with van der Waals surface area (Å²) in [5.41, 5.74) is -0.0432. The Bertz CT molecular complexity index is 1710. The van der Waals surface area contributed by atoms with E-state index in [9.17, 15) is 27.8 Å². The molecule has 0 saturated heterocycles. The summed E-state index contributed by atoms with van der Waals surface area (Å²) >= 11 is 3.24. The zero-order valence-corrected chi connectivity index (χ0v) is 26.3. The number of aromatic nitrogens is 2. The molecule has 2 unspecified atom stereocenters. The first kappa shape index (κ1) is 31.5. The number of benzene rings is 1. The first-order valence-electron chi connectivity index (χ1n) is 13.2. The number of alkyl halides is 1. The summed E-state index contributed by atoms with van der Waals surface area (Å²) in [6, 6.07) is 9.60. The fourth-order valence-electron chi connectivity index (χ4n) is 5.00. The quantitative estimate of drug-likeness (QED) is 0.243. The Hall–Kier alpha value is -3.45. The zero-order valence-electron chi connectivity index (χ0n) is 23.9. The normalized spacial score (nSPS) is 20.1. The summed E-state index contributed by atoms with van der Waals surface area (Å²) < 4.78 is 38.9. The Balaban J connectivity index is 1.62. The van der Waals surface area contributed by atoms with Gasteiger partial charge in [-0.25, -0.2) is 18.4 Å². The minimum Gasteiger partial charge on any atom is -0.442 e. The van der Waals surface area contributed by atoms with Gasteiger partial charge in [0.2, 0.25) is 5.91 Å². The van der Waals surface area contributed by atoms with Crippen LogP contribution in [0, 0.1) is 11.8 Å². The van der Waals surface area contributed by atoms with Crippen LogP contribution in [0.5, 0.6) is 0 Å². The second-order valence-electron chi connectivity index (χ2n) is 11.4. The topological polar surface area (TPSA) is 137 Å². The molecule has 4 rings (SSSR count). The molecule has 1 saturated carbocycles. The number of ketones is 2. The van der Waals surface area contributed by atoms with Crippen LogP contribution in [0.15, 0.2) is 56.5 Å². The Morgan fingerprint density at radius 3 is 2.50 bits per heavy atom. The van der Waals surface area contributed by atoms with Gasteiger partial charge in [-0.2, -0.15) is 0 Å². The van der Waals surface area contributed by atoms with Gasteiger partial charge in [0, 0.05) is 39.7 Å². The van der Waals surface area contributed by atoms with Crippen LogP contribution in [0.1, 0.15) is 50.9 Å². The Labute approximate surface area is 251 Å². The fourth-order valence-corrected chi connectivity index (χ4v) is 6.43. The molecular weight excluding hydrogens is 631 g/mol.